The largest absolute Gasteiger partial charge is 0.336 e. The number of amides is 2. The summed E-state index contributed by atoms with van der Waals surface area (Å²) in [6.07, 6.45) is 2.06. The lowest BCUT2D eigenvalue weighted by atomic mass is 10.0. The predicted octanol–water partition coefficient (Wildman–Crippen LogP) is 5.15. The van der Waals surface area contributed by atoms with Crippen LogP contribution in [0.5, 0.6) is 0 Å². The van der Waals surface area contributed by atoms with Crippen LogP contribution in [0.4, 0.5) is 4.79 Å². The molecule has 0 spiro atoms. The van der Waals surface area contributed by atoms with Crippen LogP contribution in [0.15, 0.2) is 66.9 Å². The van der Waals surface area contributed by atoms with Gasteiger partial charge in [0.05, 0.1) is 18.3 Å². The van der Waals surface area contributed by atoms with Gasteiger partial charge in [-0.05, 0) is 55.3 Å². The highest BCUT2D eigenvalue weighted by atomic mass is 35.5. The average molecular weight is 380 g/mol. The van der Waals surface area contributed by atoms with E-state index in [-0.39, 0.29) is 18.1 Å². The van der Waals surface area contributed by atoms with Crippen LogP contribution in [0.2, 0.25) is 5.02 Å². The first-order valence-electron chi connectivity index (χ1n) is 9.12. The van der Waals surface area contributed by atoms with Gasteiger partial charge < -0.3 is 14.8 Å². The van der Waals surface area contributed by atoms with E-state index in [1.165, 1.54) is 0 Å². The molecule has 0 saturated carbocycles. The Bertz CT molecular complexity index is 962. The van der Waals surface area contributed by atoms with E-state index in [1.54, 1.807) is 0 Å². The maximum atomic E-state index is 13.1. The molecule has 27 heavy (non-hydrogen) atoms. The van der Waals surface area contributed by atoms with Crippen LogP contribution in [0, 0.1) is 0 Å². The van der Waals surface area contributed by atoms with Crippen LogP contribution < -0.4 is 5.32 Å². The molecular weight excluding hydrogens is 358 g/mol. The number of nitrogens with zero attached hydrogens (tertiary/aromatic N) is 2. The molecule has 5 heteroatoms. The average Bonchev–Trinajstić information content (AvgIpc) is 3.06. The number of para-hydroxylation sites is 1. The van der Waals surface area contributed by atoms with Crippen molar-refractivity contribution in [1.82, 2.24) is 14.8 Å². The van der Waals surface area contributed by atoms with Crippen LogP contribution >= 0.6 is 11.6 Å². The van der Waals surface area contributed by atoms with Gasteiger partial charge in [0.25, 0.3) is 0 Å². The quantitative estimate of drug-likeness (QED) is 0.656. The number of carbonyl (C=O) groups excluding carboxylic acids is 1. The van der Waals surface area contributed by atoms with E-state index < -0.39 is 0 Å². The highest BCUT2D eigenvalue weighted by Crippen LogP contribution is 2.36. The fourth-order valence-corrected chi connectivity index (χ4v) is 3.79. The van der Waals surface area contributed by atoms with Gasteiger partial charge in [0, 0.05) is 23.0 Å². The molecule has 2 aromatic carbocycles. The Hall–Kier alpha value is -2.72. The van der Waals surface area contributed by atoms with Crippen molar-refractivity contribution in [2.75, 3.05) is 0 Å². The lowest BCUT2D eigenvalue weighted by Crippen LogP contribution is -2.44. The highest BCUT2D eigenvalue weighted by molar-refractivity contribution is 6.30. The second kappa shape index (κ2) is 7.12. The second-order valence-corrected chi connectivity index (χ2v) is 7.55. The second-order valence-electron chi connectivity index (χ2n) is 7.12. The van der Waals surface area contributed by atoms with Gasteiger partial charge in [-0.2, -0.15) is 0 Å². The fraction of sp³-hybridized carbons (Fsp3) is 0.227. The van der Waals surface area contributed by atoms with Crippen molar-refractivity contribution in [3.8, 4) is 5.69 Å². The molecule has 1 aliphatic heterocycles. The Morgan fingerprint density at radius 3 is 2.56 bits per heavy atom. The van der Waals surface area contributed by atoms with E-state index in [2.05, 4.69) is 34.3 Å². The summed E-state index contributed by atoms with van der Waals surface area (Å²) in [7, 11) is 0. The number of rotatable bonds is 2. The topological polar surface area (TPSA) is 37.3 Å². The summed E-state index contributed by atoms with van der Waals surface area (Å²) in [5.41, 5.74) is 4.31. The van der Waals surface area contributed by atoms with Gasteiger partial charge in [-0.15, -0.1) is 0 Å². The summed E-state index contributed by atoms with van der Waals surface area (Å²) in [4.78, 5) is 15.0. The first kappa shape index (κ1) is 17.7. The molecular formula is C22H22ClN3O. The van der Waals surface area contributed by atoms with Gasteiger partial charge in [0.1, 0.15) is 0 Å². The van der Waals surface area contributed by atoms with Crippen molar-refractivity contribution in [2.45, 2.75) is 32.5 Å². The van der Waals surface area contributed by atoms with Crippen molar-refractivity contribution in [3.63, 3.8) is 0 Å². The molecule has 4 nitrogen and oxygen atoms in total. The maximum Gasteiger partial charge on any atom is 0.318 e. The first-order chi connectivity index (χ1) is 13.0. The summed E-state index contributed by atoms with van der Waals surface area (Å²) < 4.78 is 2.18. The zero-order valence-electron chi connectivity index (χ0n) is 15.4. The molecule has 2 amide bonds. The normalized spacial score (nSPS) is 15.9. The number of hydrogen-bond donors (Lipinski definition) is 1. The van der Waals surface area contributed by atoms with Crippen molar-refractivity contribution in [3.05, 3.63) is 88.7 Å². The molecule has 3 aromatic rings. The summed E-state index contributed by atoms with van der Waals surface area (Å²) in [5, 5.41) is 3.74. The zero-order chi connectivity index (χ0) is 19.0. The number of carbonyl (C=O) groups is 1. The van der Waals surface area contributed by atoms with Crippen LogP contribution in [0.25, 0.3) is 5.69 Å². The van der Waals surface area contributed by atoms with E-state index in [4.69, 9.17) is 11.6 Å². The fourth-order valence-electron chi connectivity index (χ4n) is 3.67. The van der Waals surface area contributed by atoms with Gasteiger partial charge in [-0.1, -0.05) is 41.9 Å². The lowest BCUT2D eigenvalue weighted by molar-refractivity contribution is 0.178. The number of aromatic nitrogens is 1. The summed E-state index contributed by atoms with van der Waals surface area (Å²) in [6, 6.07) is 19.9. The Balaban J connectivity index is 1.89. The molecule has 1 N–H and O–H groups in total. The number of fused-ring (bicyclic) bond motifs is 3. The Morgan fingerprint density at radius 2 is 1.81 bits per heavy atom. The summed E-state index contributed by atoms with van der Waals surface area (Å²) in [5.74, 6) is 0. The van der Waals surface area contributed by atoms with E-state index in [0.717, 1.165) is 22.5 Å². The molecule has 1 atom stereocenters. The van der Waals surface area contributed by atoms with Crippen molar-refractivity contribution in [1.29, 1.82) is 0 Å². The number of benzene rings is 2. The maximum absolute atomic E-state index is 13.1. The lowest BCUT2D eigenvalue weighted by Gasteiger charge is -2.31. The standard InChI is InChI=1S/C22H22ClN3O/c1-15(2)24-22(27)26-14-17-6-3-4-7-19(17)25-13-5-8-20(25)21(26)16-9-11-18(23)12-10-16/h3-13,15,21H,14H2,1-2H3,(H,24,27)/t21-/m0/s1. The van der Waals surface area contributed by atoms with Gasteiger partial charge in [-0.3, -0.25) is 0 Å². The highest BCUT2D eigenvalue weighted by Gasteiger charge is 2.32. The minimum absolute atomic E-state index is 0.0636. The third-order valence-electron chi connectivity index (χ3n) is 4.82. The van der Waals surface area contributed by atoms with Crippen LogP contribution in [-0.2, 0) is 6.54 Å². The summed E-state index contributed by atoms with van der Waals surface area (Å²) >= 11 is 6.10. The van der Waals surface area contributed by atoms with E-state index in [0.29, 0.717) is 11.6 Å². The number of nitrogens with one attached hydrogen (secondary N) is 1. The van der Waals surface area contributed by atoms with Crippen LogP contribution in [0.3, 0.4) is 0 Å². The molecule has 2 heterocycles. The Labute approximate surface area is 164 Å². The molecule has 1 aliphatic rings. The van der Waals surface area contributed by atoms with E-state index >= 15 is 0 Å². The van der Waals surface area contributed by atoms with Gasteiger partial charge >= 0.3 is 6.03 Å². The molecule has 0 radical (unpaired) electrons. The Morgan fingerprint density at radius 1 is 1.07 bits per heavy atom. The summed E-state index contributed by atoms with van der Waals surface area (Å²) in [6.45, 7) is 4.48. The van der Waals surface area contributed by atoms with Crippen molar-refractivity contribution >= 4 is 17.6 Å². The third kappa shape index (κ3) is 3.33. The molecule has 0 unspecified atom stereocenters. The molecule has 1 aromatic heterocycles. The predicted molar refractivity (Wildman–Crippen MR) is 108 cm³/mol. The molecule has 0 fully saturated rings. The van der Waals surface area contributed by atoms with E-state index in [9.17, 15) is 4.79 Å². The monoisotopic (exact) mass is 379 g/mol. The molecule has 138 valence electrons. The third-order valence-corrected chi connectivity index (χ3v) is 5.07. The number of urea groups is 1. The Kier molecular flexibility index (Phi) is 4.66. The molecule has 0 bridgehead atoms. The van der Waals surface area contributed by atoms with Crippen molar-refractivity contribution < 1.29 is 4.79 Å². The van der Waals surface area contributed by atoms with Gasteiger partial charge in [0.2, 0.25) is 0 Å². The van der Waals surface area contributed by atoms with E-state index in [1.807, 2.05) is 61.2 Å². The molecule has 0 saturated heterocycles. The smallest absolute Gasteiger partial charge is 0.318 e. The van der Waals surface area contributed by atoms with Gasteiger partial charge in [-0.25, -0.2) is 4.79 Å². The first-order valence-corrected chi connectivity index (χ1v) is 9.50. The van der Waals surface area contributed by atoms with Crippen LogP contribution in [0.1, 0.15) is 36.7 Å². The SMILES string of the molecule is CC(C)NC(=O)N1Cc2ccccc2-n2cccc2[C@@H]1c1ccc(Cl)cc1. The minimum Gasteiger partial charge on any atom is -0.336 e. The molecule has 0 aliphatic carbocycles. The number of halogens is 1. The van der Waals surface area contributed by atoms with Gasteiger partial charge in [0.15, 0.2) is 0 Å². The minimum atomic E-state index is -0.205. The zero-order valence-corrected chi connectivity index (χ0v) is 16.1. The number of hydrogen-bond acceptors (Lipinski definition) is 1. The van der Waals surface area contributed by atoms with Crippen molar-refractivity contribution in [2.24, 2.45) is 0 Å². The van der Waals surface area contributed by atoms with Crippen LogP contribution in [-0.4, -0.2) is 21.5 Å². The molecule has 4 rings (SSSR count).